The fraction of sp³-hybridized carbons (Fsp3) is 0.455. The Morgan fingerprint density at radius 1 is 1.50 bits per heavy atom. The zero-order valence-electron chi connectivity index (χ0n) is 10.7. The van der Waals surface area contributed by atoms with Gasteiger partial charge in [0.15, 0.2) is 0 Å². The van der Waals surface area contributed by atoms with Crippen molar-refractivity contribution < 1.29 is 18.4 Å². The molecule has 0 aromatic carbocycles. The zero-order valence-corrected chi connectivity index (χ0v) is 12.3. The molecule has 0 radical (unpaired) electrons. The zero-order chi connectivity index (χ0) is 14.5. The van der Waals surface area contributed by atoms with Crippen LogP contribution < -0.4 is 16.4 Å². The van der Waals surface area contributed by atoms with Crippen molar-refractivity contribution >= 4 is 35.6 Å². The van der Waals surface area contributed by atoms with Crippen LogP contribution in [-0.4, -0.2) is 36.9 Å². The molecule has 1 atom stereocenters. The molecule has 0 saturated heterocycles. The van der Waals surface area contributed by atoms with Crippen molar-refractivity contribution in [2.75, 3.05) is 13.1 Å². The van der Waals surface area contributed by atoms with Gasteiger partial charge < -0.3 is 16.4 Å². The molecule has 5 nitrogen and oxygen atoms in total. The summed E-state index contributed by atoms with van der Waals surface area (Å²) in [6.45, 7) is -0.272. The number of rotatable bonds is 6. The van der Waals surface area contributed by atoms with Crippen LogP contribution in [-0.2, 0) is 4.79 Å². The largest absolute Gasteiger partial charge is 0.348 e. The van der Waals surface area contributed by atoms with Gasteiger partial charge in [-0.2, -0.15) is 0 Å². The van der Waals surface area contributed by atoms with Crippen LogP contribution in [0.2, 0.25) is 0 Å². The molecule has 4 N–H and O–H groups in total. The summed E-state index contributed by atoms with van der Waals surface area (Å²) in [5.41, 5.74) is 4.84. The first-order valence-corrected chi connectivity index (χ1v) is 6.43. The number of hydrogen-bond donors (Lipinski definition) is 3. The second-order valence-electron chi connectivity index (χ2n) is 3.95. The lowest BCUT2D eigenvalue weighted by molar-refractivity contribution is -0.124. The van der Waals surface area contributed by atoms with E-state index in [-0.39, 0.29) is 12.4 Å². The van der Waals surface area contributed by atoms with Crippen LogP contribution in [0.1, 0.15) is 16.6 Å². The van der Waals surface area contributed by atoms with Crippen molar-refractivity contribution in [2.24, 2.45) is 5.73 Å². The van der Waals surface area contributed by atoms with Gasteiger partial charge in [0, 0.05) is 0 Å². The monoisotopic (exact) mass is 327 g/mol. The second-order valence-corrected chi connectivity index (χ2v) is 4.90. The molecule has 0 aliphatic heterocycles. The molecule has 114 valence electrons. The molecule has 1 aromatic rings. The third-order valence-electron chi connectivity index (χ3n) is 2.31. The second kappa shape index (κ2) is 8.13. The van der Waals surface area contributed by atoms with Gasteiger partial charge in [-0.05, 0) is 18.4 Å². The number of thiophene rings is 1. The molecular weight excluding hydrogens is 312 g/mol. The van der Waals surface area contributed by atoms with Crippen LogP contribution in [0.5, 0.6) is 0 Å². The maximum Gasteiger partial charge on any atom is 0.277 e. The van der Waals surface area contributed by atoms with E-state index in [1.54, 1.807) is 17.5 Å². The summed E-state index contributed by atoms with van der Waals surface area (Å²) in [7, 11) is 0. The molecule has 1 aromatic heterocycles. The Hall–Kier alpha value is -1.25. The normalized spacial score (nSPS) is 12.2. The summed E-state index contributed by atoms with van der Waals surface area (Å²) in [4.78, 5) is 23.6. The van der Waals surface area contributed by atoms with E-state index >= 15 is 0 Å². The number of nitrogens with two attached hydrogens (primary N) is 1. The molecule has 0 aliphatic carbocycles. The van der Waals surface area contributed by atoms with E-state index < -0.39 is 36.9 Å². The minimum Gasteiger partial charge on any atom is -0.348 e. The van der Waals surface area contributed by atoms with E-state index in [1.807, 2.05) is 5.32 Å². The Balaban J connectivity index is 0.00000361. The third-order valence-corrected chi connectivity index (χ3v) is 3.17. The Morgan fingerprint density at radius 2 is 2.15 bits per heavy atom. The van der Waals surface area contributed by atoms with E-state index in [9.17, 15) is 18.4 Å². The first kappa shape index (κ1) is 18.8. The molecule has 0 bridgehead atoms. The number of hydrogen-bond acceptors (Lipinski definition) is 4. The van der Waals surface area contributed by atoms with E-state index in [4.69, 9.17) is 5.73 Å². The predicted octanol–water partition coefficient (Wildman–Crippen LogP) is 0.998. The van der Waals surface area contributed by atoms with E-state index in [0.717, 1.165) is 0 Å². The van der Waals surface area contributed by atoms with Crippen molar-refractivity contribution in [3.05, 3.63) is 22.4 Å². The average molecular weight is 328 g/mol. The highest BCUT2D eigenvalue weighted by molar-refractivity contribution is 7.12. The summed E-state index contributed by atoms with van der Waals surface area (Å²) in [5, 5.41) is 6.19. The lowest BCUT2D eigenvalue weighted by Crippen LogP contribution is -2.49. The van der Waals surface area contributed by atoms with Crippen molar-refractivity contribution in [1.29, 1.82) is 0 Å². The Labute approximate surface area is 125 Å². The predicted molar refractivity (Wildman–Crippen MR) is 75.5 cm³/mol. The molecule has 0 spiro atoms. The van der Waals surface area contributed by atoms with Crippen molar-refractivity contribution in [1.82, 2.24) is 10.6 Å². The third kappa shape index (κ3) is 5.81. The van der Waals surface area contributed by atoms with E-state index in [2.05, 4.69) is 5.32 Å². The summed E-state index contributed by atoms with van der Waals surface area (Å²) < 4.78 is 25.7. The average Bonchev–Trinajstić information content (AvgIpc) is 2.89. The maximum atomic E-state index is 12.8. The van der Waals surface area contributed by atoms with E-state index in [0.29, 0.717) is 4.88 Å². The highest BCUT2D eigenvalue weighted by Gasteiger charge is 2.28. The SMILES string of the molecule is CC(NC(=O)c1cccs1)C(=O)NCC(F)(F)CN.Cl. The Morgan fingerprint density at radius 3 is 2.65 bits per heavy atom. The summed E-state index contributed by atoms with van der Waals surface area (Å²) >= 11 is 1.23. The minimum absolute atomic E-state index is 0. The molecule has 2 amide bonds. The fourth-order valence-corrected chi connectivity index (χ4v) is 1.81. The Kier molecular flexibility index (Phi) is 7.62. The van der Waals surface area contributed by atoms with Gasteiger partial charge in [-0.15, -0.1) is 23.7 Å². The number of carbonyl (C=O) groups excluding carboxylic acids is 2. The molecule has 1 heterocycles. The van der Waals surface area contributed by atoms with Crippen LogP contribution in [0.15, 0.2) is 17.5 Å². The molecule has 0 fully saturated rings. The van der Waals surface area contributed by atoms with Crippen molar-refractivity contribution in [3.63, 3.8) is 0 Å². The first-order chi connectivity index (χ1) is 8.85. The summed E-state index contributed by atoms with van der Waals surface area (Å²) in [5.74, 6) is -4.24. The number of nitrogens with one attached hydrogen (secondary N) is 2. The van der Waals surface area contributed by atoms with E-state index in [1.165, 1.54) is 18.3 Å². The van der Waals surface area contributed by atoms with Gasteiger partial charge in [0.1, 0.15) is 6.04 Å². The lowest BCUT2D eigenvalue weighted by Gasteiger charge is -2.17. The van der Waals surface area contributed by atoms with Crippen LogP contribution in [0.4, 0.5) is 8.78 Å². The molecule has 0 saturated carbocycles. The number of amides is 2. The number of alkyl halides is 2. The standard InChI is InChI=1S/C11H15F2N3O2S.ClH/c1-7(9(17)15-6-11(12,13)5-14)16-10(18)8-3-2-4-19-8;/h2-4,7H,5-6,14H2,1H3,(H,15,17)(H,16,18);1H. The molecule has 1 rings (SSSR count). The summed E-state index contributed by atoms with van der Waals surface area (Å²) in [6, 6.07) is 2.41. The van der Waals surface area contributed by atoms with Gasteiger partial charge in [-0.25, -0.2) is 8.78 Å². The fourth-order valence-electron chi connectivity index (χ4n) is 1.18. The minimum atomic E-state index is -3.15. The van der Waals surface area contributed by atoms with Gasteiger partial charge in [-0.1, -0.05) is 6.07 Å². The highest BCUT2D eigenvalue weighted by atomic mass is 35.5. The van der Waals surface area contributed by atoms with Gasteiger partial charge in [0.05, 0.1) is 18.0 Å². The lowest BCUT2D eigenvalue weighted by atomic mass is 10.2. The molecule has 0 aliphatic rings. The molecule has 1 unspecified atom stereocenters. The topological polar surface area (TPSA) is 84.2 Å². The number of halogens is 3. The molecule has 20 heavy (non-hydrogen) atoms. The van der Waals surface area contributed by atoms with Crippen LogP contribution in [0.3, 0.4) is 0 Å². The Bertz CT molecular complexity index is 443. The number of carbonyl (C=O) groups is 2. The smallest absolute Gasteiger partial charge is 0.277 e. The molecular formula is C11H16ClF2N3O2S. The van der Waals surface area contributed by atoms with Gasteiger partial charge in [0.2, 0.25) is 5.91 Å². The quantitative estimate of drug-likeness (QED) is 0.728. The van der Waals surface area contributed by atoms with Gasteiger partial charge >= 0.3 is 0 Å². The van der Waals surface area contributed by atoms with Crippen molar-refractivity contribution in [3.8, 4) is 0 Å². The first-order valence-electron chi connectivity index (χ1n) is 5.55. The molecule has 9 heteroatoms. The van der Waals surface area contributed by atoms with Crippen LogP contribution in [0.25, 0.3) is 0 Å². The highest BCUT2D eigenvalue weighted by Crippen LogP contribution is 2.09. The summed E-state index contributed by atoms with van der Waals surface area (Å²) in [6.07, 6.45) is 0. The van der Waals surface area contributed by atoms with Crippen molar-refractivity contribution in [2.45, 2.75) is 18.9 Å². The van der Waals surface area contributed by atoms with Crippen LogP contribution >= 0.6 is 23.7 Å². The van der Waals surface area contributed by atoms with Gasteiger partial charge in [0.25, 0.3) is 11.8 Å². The maximum absolute atomic E-state index is 12.8. The van der Waals surface area contributed by atoms with Crippen LogP contribution in [0, 0.1) is 0 Å². The van der Waals surface area contributed by atoms with Gasteiger partial charge in [-0.3, -0.25) is 9.59 Å².